The van der Waals surface area contributed by atoms with Gasteiger partial charge >= 0.3 is 0 Å². The molecule has 2 rings (SSSR count). The molecule has 2 nitrogen and oxygen atoms in total. The number of aromatic nitrogens is 1. The van der Waals surface area contributed by atoms with Gasteiger partial charge in [0, 0.05) is 17.9 Å². The Balaban J connectivity index is 2.34. The number of likely N-dealkylation sites (tertiary alicyclic amines) is 1. The molecule has 0 unspecified atom stereocenters. The zero-order valence-corrected chi connectivity index (χ0v) is 8.33. The van der Waals surface area contributed by atoms with Gasteiger partial charge in [-0.05, 0) is 45.0 Å². The fourth-order valence-corrected chi connectivity index (χ4v) is 2.14. The van der Waals surface area contributed by atoms with Crippen LogP contribution >= 0.6 is 0 Å². The van der Waals surface area contributed by atoms with E-state index in [-0.39, 0.29) is 5.54 Å². The van der Waals surface area contributed by atoms with Gasteiger partial charge in [0.05, 0.1) is 0 Å². The minimum absolute atomic E-state index is 0.217. The summed E-state index contributed by atoms with van der Waals surface area (Å²) >= 11 is 0. The van der Waals surface area contributed by atoms with Gasteiger partial charge in [-0.15, -0.1) is 0 Å². The standard InChI is InChI=1S/C11H16N2/c1-11(6-4-8-13(11)2)10-5-3-7-12-9-10/h3,5,7,9H,4,6,8H2,1-2H3/t11-/m1/s1. The summed E-state index contributed by atoms with van der Waals surface area (Å²) in [4.78, 5) is 6.60. The van der Waals surface area contributed by atoms with Crippen LogP contribution in [-0.2, 0) is 5.54 Å². The summed E-state index contributed by atoms with van der Waals surface area (Å²) in [6.07, 6.45) is 6.36. The first-order valence-corrected chi connectivity index (χ1v) is 4.85. The normalized spacial score (nSPS) is 29.4. The lowest BCUT2D eigenvalue weighted by atomic mass is 9.91. The second kappa shape index (κ2) is 3.11. The van der Waals surface area contributed by atoms with Gasteiger partial charge in [0.2, 0.25) is 0 Å². The van der Waals surface area contributed by atoms with Crippen LogP contribution in [0.2, 0.25) is 0 Å². The largest absolute Gasteiger partial charge is 0.297 e. The molecule has 1 aromatic rings. The van der Waals surface area contributed by atoms with E-state index in [2.05, 4.69) is 29.9 Å². The van der Waals surface area contributed by atoms with Gasteiger partial charge in [0.1, 0.15) is 0 Å². The molecule has 13 heavy (non-hydrogen) atoms. The van der Waals surface area contributed by atoms with Crippen LogP contribution in [0.3, 0.4) is 0 Å². The van der Waals surface area contributed by atoms with Crippen molar-refractivity contribution in [1.29, 1.82) is 0 Å². The van der Waals surface area contributed by atoms with E-state index in [0.717, 1.165) is 0 Å². The monoisotopic (exact) mass is 176 g/mol. The molecule has 1 aliphatic heterocycles. The van der Waals surface area contributed by atoms with Gasteiger partial charge < -0.3 is 0 Å². The Bertz CT molecular complexity index is 283. The molecule has 0 bridgehead atoms. The number of pyridine rings is 1. The van der Waals surface area contributed by atoms with Crippen LogP contribution in [0.15, 0.2) is 24.5 Å². The average Bonchev–Trinajstić information content (AvgIpc) is 2.50. The maximum absolute atomic E-state index is 4.18. The smallest absolute Gasteiger partial charge is 0.0445 e. The second-order valence-electron chi connectivity index (χ2n) is 4.04. The van der Waals surface area contributed by atoms with Crippen molar-refractivity contribution in [3.8, 4) is 0 Å². The molecular formula is C11H16N2. The van der Waals surface area contributed by atoms with E-state index in [1.165, 1.54) is 24.9 Å². The van der Waals surface area contributed by atoms with E-state index < -0.39 is 0 Å². The third-order valence-corrected chi connectivity index (χ3v) is 3.28. The van der Waals surface area contributed by atoms with E-state index in [1.807, 2.05) is 18.5 Å². The molecule has 2 heterocycles. The Morgan fingerprint density at radius 3 is 2.92 bits per heavy atom. The molecule has 1 saturated heterocycles. The van der Waals surface area contributed by atoms with E-state index in [9.17, 15) is 0 Å². The minimum Gasteiger partial charge on any atom is -0.297 e. The number of hydrogen-bond donors (Lipinski definition) is 0. The maximum atomic E-state index is 4.18. The molecule has 0 spiro atoms. The molecule has 1 aromatic heterocycles. The first kappa shape index (κ1) is 8.70. The first-order chi connectivity index (χ1) is 6.23. The van der Waals surface area contributed by atoms with Crippen molar-refractivity contribution in [3.63, 3.8) is 0 Å². The van der Waals surface area contributed by atoms with Crippen LogP contribution < -0.4 is 0 Å². The minimum atomic E-state index is 0.217. The Morgan fingerprint density at radius 2 is 2.38 bits per heavy atom. The fourth-order valence-electron chi connectivity index (χ4n) is 2.14. The van der Waals surface area contributed by atoms with Gasteiger partial charge in [0.15, 0.2) is 0 Å². The topological polar surface area (TPSA) is 16.1 Å². The molecule has 0 aliphatic carbocycles. The highest BCUT2D eigenvalue weighted by atomic mass is 15.2. The average molecular weight is 176 g/mol. The fraction of sp³-hybridized carbons (Fsp3) is 0.545. The number of nitrogens with zero attached hydrogens (tertiary/aromatic N) is 2. The van der Waals surface area contributed by atoms with E-state index in [0.29, 0.717) is 0 Å². The Morgan fingerprint density at radius 1 is 1.54 bits per heavy atom. The van der Waals surface area contributed by atoms with Crippen LogP contribution in [-0.4, -0.2) is 23.5 Å². The lowest BCUT2D eigenvalue weighted by molar-refractivity contribution is 0.197. The van der Waals surface area contributed by atoms with Crippen molar-refractivity contribution >= 4 is 0 Å². The molecular weight excluding hydrogens is 160 g/mol. The van der Waals surface area contributed by atoms with Gasteiger partial charge in [0.25, 0.3) is 0 Å². The summed E-state index contributed by atoms with van der Waals surface area (Å²) < 4.78 is 0. The van der Waals surface area contributed by atoms with Crippen molar-refractivity contribution < 1.29 is 0 Å². The summed E-state index contributed by atoms with van der Waals surface area (Å²) in [6, 6.07) is 4.20. The summed E-state index contributed by atoms with van der Waals surface area (Å²) in [5, 5.41) is 0. The van der Waals surface area contributed by atoms with E-state index in [4.69, 9.17) is 0 Å². The molecule has 0 amide bonds. The van der Waals surface area contributed by atoms with Crippen molar-refractivity contribution in [1.82, 2.24) is 9.88 Å². The molecule has 0 saturated carbocycles. The number of rotatable bonds is 1. The molecule has 2 heteroatoms. The highest BCUT2D eigenvalue weighted by molar-refractivity contribution is 5.21. The lowest BCUT2D eigenvalue weighted by Crippen LogP contribution is -2.35. The molecule has 0 aromatic carbocycles. The van der Waals surface area contributed by atoms with Crippen LogP contribution in [0, 0.1) is 0 Å². The summed E-state index contributed by atoms with van der Waals surface area (Å²) in [5.41, 5.74) is 1.56. The van der Waals surface area contributed by atoms with E-state index in [1.54, 1.807) is 0 Å². The van der Waals surface area contributed by atoms with Gasteiger partial charge in [-0.2, -0.15) is 0 Å². The van der Waals surface area contributed by atoms with Crippen molar-refractivity contribution in [2.24, 2.45) is 0 Å². The third-order valence-electron chi connectivity index (χ3n) is 3.28. The third kappa shape index (κ3) is 1.35. The molecule has 1 fully saturated rings. The Labute approximate surface area is 79.6 Å². The van der Waals surface area contributed by atoms with Crippen LogP contribution in [0.1, 0.15) is 25.3 Å². The Kier molecular flexibility index (Phi) is 2.08. The van der Waals surface area contributed by atoms with Gasteiger partial charge in [-0.1, -0.05) is 6.07 Å². The highest BCUT2D eigenvalue weighted by Crippen LogP contribution is 2.36. The lowest BCUT2D eigenvalue weighted by Gasteiger charge is -2.32. The van der Waals surface area contributed by atoms with E-state index >= 15 is 0 Å². The summed E-state index contributed by atoms with van der Waals surface area (Å²) in [5.74, 6) is 0. The molecule has 0 N–H and O–H groups in total. The van der Waals surface area contributed by atoms with Gasteiger partial charge in [-0.3, -0.25) is 9.88 Å². The van der Waals surface area contributed by atoms with Crippen LogP contribution in [0.4, 0.5) is 0 Å². The second-order valence-corrected chi connectivity index (χ2v) is 4.04. The summed E-state index contributed by atoms with van der Waals surface area (Å²) in [7, 11) is 2.19. The maximum Gasteiger partial charge on any atom is 0.0445 e. The van der Waals surface area contributed by atoms with Crippen molar-refractivity contribution in [3.05, 3.63) is 30.1 Å². The SMILES string of the molecule is CN1CCC[C@]1(C)c1cccnc1. The molecule has 0 radical (unpaired) electrons. The summed E-state index contributed by atoms with van der Waals surface area (Å²) in [6.45, 7) is 3.50. The Hall–Kier alpha value is -0.890. The van der Waals surface area contributed by atoms with Crippen molar-refractivity contribution in [2.75, 3.05) is 13.6 Å². The quantitative estimate of drug-likeness (QED) is 0.651. The zero-order chi connectivity index (χ0) is 9.31. The molecule has 1 aliphatic rings. The zero-order valence-electron chi connectivity index (χ0n) is 8.33. The van der Waals surface area contributed by atoms with Crippen molar-refractivity contribution in [2.45, 2.75) is 25.3 Å². The predicted octanol–water partition coefficient (Wildman–Crippen LogP) is 2.02. The van der Waals surface area contributed by atoms with Crippen LogP contribution in [0.25, 0.3) is 0 Å². The molecule has 70 valence electrons. The highest BCUT2D eigenvalue weighted by Gasteiger charge is 2.35. The predicted molar refractivity (Wildman–Crippen MR) is 53.5 cm³/mol. The van der Waals surface area contributed by atoms with Crippen LogP contribution in [0.5, 0.6) is 0 Å². The van der Waals surface area contributed by atoms with Gasteiger partial charge in [-0.25, -0.2) is 0 Å². The first-order valence-electron chi connectivity index (χ1n) is 4.85. The molecule has 1 atom stereocenters. The number of hydrogen-bond acceptors (Lipinski definition) is 2.